The van der Waals surface area contributed by atoms with Gasteiger partial charge in [0.2, 0.25) is 10.0 Å². The predicted octanol–water partition coefficient (Wildman–Crippen LogP) is 3.41. The fraction of sp³-hybridized carbons (Fsp3) is 0.192. The van der Waals surface area contributed by atoms with Gasteiger partial charge in [-0.3, -0.25) is 0 Å². The third kappa shape index (κ3) is 4.11. The maximum Gasteiger partial charge on any atom is 0.328 e. The first-order chi connectivity index (χ1) is 16.3. The van der Waals surface area contributed by atoms with Crippen LogP contribution in [0.3, 0.4) is 0 Å². The molecule has 0 amide bonds. The molecule has 174 valence electrons. The smallest absolute Gasteiger partial charge is 0.328 e. The Kier molecular flexibility index (Phi) is 5.73. The van der Waals surface area contributed by atoms with Crippen LogP contribution in [0.1, 0.15) is 23.5 Å². The van der Waals surface area contributed by atoms with Gasteiger partial charge in [-0.15, -0.1) is 0 Å². The number of carbonyl (C=O) groups is 1. The summed E-state index contributed by atoms with van der Waals surface area (Å²) < 4.78 is 35.1. The number of ether oxygens (including phenoxy) is 1. The molecule has 5 rings (SSSR count). The SMILES string of the molecule is O=C(O)/C=C/c1cccc2c1OC1CC(O)C(NS(=O)(=O)c3ccc(-c4ccccc4)cc3)C21. The fourth-order valence-corrected chi connectivity index (χ4v) is 6.08. The molecule has 3 aromatic rings. The summed E-state index contributed by atoms with van der Waals surface area (Å²) in [6, 6.07) is 20.8. The van der Waals surface area contributed by atoms with Crippen LogP contribution in [0.5, 0.6) is 5.75 Å². The van der Waals surface area contributed by atoms with Gasteiger partial charge in [0.25, 0.3) is 0 Å². The van der Waals surface area contributed by atoms with Gasteiger partial charge in [0, 0.05) is 29.5 Å². The van der Waals surface area contributed by atoms with Gasteiger partial charge in [0.1, 0.15) is 11.9 Å². The number of aliphatic carboxylic acids is 1. The van der Waals surface area contributed by atoms with Crippen molar-refractivity contribution in [2.75, 3.05) is 0 Å². The van der Waals surface area contributed by atoms with Gasteiger partial charge < -0.3 is 14.9 Å². The molecule has 2 aliphatic rings. The van der Waals surface area contributed by atoms with Crippen LogP contribution in [0.25, 0.3) is 17.2 Å². The van der Waals surface area contributed by atoms with E-state index in [9.17, 15) is 18.3 Å². The number of nitrogens with one attached hydrogen (secondary N) is 1. The van der Waals surface area contributed by atoms with Crippen molar-refractivity contribution in [2.45, 2.75) is 35.5 Å². The molecule has 0 saturated heterocycles. The van der Waals surface area contributed by atoms with Gasteiger partial charge in [0.15, 0.2) is 0 Å². The maximum atomic E-state index is 13.2. The van der Waals surface area contributed by atoms with Crippen molar-refractivity contribution in [1.29, 1.82) is 0 Å². The summed E-state index contributed by atoms with van der Waals surface area (Å²) in [7, 11) is -3.91. The molecular formula is C26H23NO6S. The first-order valence-corrected chi connectivity index (χ1v) is 12.4. The Morgan fingerprint density at radius 2 is 1.68 bits per heavy atom. The van der Waals surface area contributed by atoms with Crippen LogP contribution < -0.4 is 9.46 Å². The normalized spacial score (nSPS) is 23.4. The highest BCUT2D eigenvalue weighted by molar-refractivity contribution is 7.89. The van der Waals surface area contributed by atoms with Crippen LogP contribution in [0.15, 0.2) is 83.8 Å². The lowest BCUT2D eigenvalue weighted by Gasteiger charge is -2.22. The number of rotatable bonds is 6. The number of aliphatic hydroxyl groups is 1. The highest BCUT2D eigenvalue weighted by Gasteiger charge is 2.51. The number of aliphatic hydroxyl groups excluding tert-OH is 1. The van der Waals surface area contributed by atoms with E-state index in [1.54, 1.807) is 36.4 Å². The Balaban J connectivity index is 1.41. The van der Waals surface area contributed by atoms with Crippen molar-refractivity contribution in [2.24, 2.45) is 0 Å². The Morgan fingerprint density at radius 3 is 2.38 bits per heavy atom. The van der Waals surface area contributed by atoms with Crippen LogP contribution in [-0.2, 0) is 14.8 Å². The number of benzene rings is 3. The second kappa shape index (κ2) is 8.72. The molecule has 1 aliphatic carbocycles. The Morgan fingerprint density at radius 1 is 0.971 bits per heavy atom. The number of hydrogen-bond acceptors (Lipinski definition) is 5. The van der Waals surface area contributed by atoms with Crippen LogP contribution in [0.2, 0.25) is 0 Å². The molecule has 0 spiro atoms. The van der Waals surface area contributed by atoms with Crippen molar-refractivity contribution in [1.82, 2.24) is 4.72 Å². The van der Waals surface area contributed by atoms with E-state index in [-0.39, 0.29) is 17.2 Å². The lowest BCUT2D eigenvalue weighted by Crippen LogP contribution is -2.43. The molecule has 8 heteroatoms. The molecule has 1 fully saturated rings. The average molecular weight is 478 g/mol. The molecule has 7 nitrogen and oxygen atoms in total. The first-order valence-electron chi connectivity index (χ1n) is 10.9. The van der Waals surface area contributed by atoms with Crippen LogP contribution >= 0.6 is 0 Å². The lowest BCUT2D eigenvalue weighted by molar-refractivity contribution is -0.131. The zero-order valence-corrected chi connectivity index (χ0v) is 18.9. The van der Waals surface area contributed by atoms with Gasteiger partial charge >= 0.3 is 5.97 Å². The minimum atomic E-state index is -3.91. The summed E-state index contributed by atoms with van der Waals surface area (Å²) in [5.74, 6) is -0.935. The summed E-state index contributed by atoms with van der Waals surface area (Å²) >= 11 is 0. The molecule has 34 heavy (non-hydrogen) atoms. The molecule has 0 radical (unpaired) electrons. The number of sulfonamides is 1. The topological polar surface area (TPSA) is 113 Å². The molecule has 0 bridgehead atoms. The van der Waals surface area contributed by atoms with E-state index >= 15 is 0 Å². The van der Waals surface area contributed by atoms with Gasteiger partial charge in [-0.2, -0.15) is 0 Å². The van der Waals surface area contributed by atoms with E-state index in [0.717, 1.165) is 22.8 Å². The van der Waals surface area contributed by atoms with Crippen LogP contribution in [0, 0.1) is 0 Å². The second-order valence-corrected chi connectivity index (χ2v) is 10.2. The minimum Gasteiger partial charge on any atom is -0.489 e. The Labute approximate surface area is 197 Å². The quantitative estimate of drug-likeness (QED) is 0.469. The molecule has 1 aliphatic heterocycles. The molecule has 1 heterocycles. The van der Waals surface area contributed by atoms with E-state index in [1.165, 1.54) is 6.08 Å². The number of carboxylic acids is 1. The molecule has 4 atom stereocenters. The third-order valence-corrected chi connectivity index (χ3v) is 7.82. The van der Waals surface area contributed by atoms with E-state index in [2.05, 4.69) is 4.72 Å². The summed E-state index contributed by atoms with van der Waals surface area (Å²) in [5, 5.41) is 19.6. The second-order valence-electron chi connectivity index (χ2n) is 8.46. The molecule has 4 unspecified atom stereocenters. The maximum absolute atomic E-state index is 13.2. The summed E-state index contributed by atoms with van der Waals surface area (Å²) in [6.07, 6.45) is 1.42. The average Bonchev–Trinajstić information content (AvgIpc) is 3.34. The monoisotopic (exact) mass is 477 g/mol. The molecule has 3 N–H and O–H groups in total. The number of hydrogen-bond donors (Lipinski definition) is 3. The first kappa shape index (κ1) is 22.3. The van der Waals surface area contributed by atoms with Crippen molar-refractivity contribution in [3.05, 3.63) is 90.0 Å². The Hall–Kier alpha value is -3.46. The minimum absolute atomic E-state index is 0.111. The zero-order chi connectivity index (χ0) is 23.9. The molecule has 0 aromatic heterocycles. The number of carboxylic acid groups (broad SMARTS) is 1. The summed E-state index contributed by atoms with van der Waals surface area (Å²) in [4.78, 5) is 11.0. The van der Waals surface area contributed by atoms with Crippen molar-refractivity contribution >= 4 is 22.1 Å². The van der Waals surface area contributed by atoms with Gasteiger partial charge in [-0.05, 0) is 29.3 Å². The Bertz CT molecular complexity index is 1350. The standard InChI is InChI=1S/C26H23NO6S/c28-21-15-22-24(20-8-4-7-18(26(20)33-22)11-14-23(29)30)25(21)27-34(31,32)19-12-9-17(10-13-19)16-5-2-1-3-6-16/h1-14,21-22,24-25,27-28H,15H2,(H,29,30)/b14-11+. The zero-order valence-electron chi connectivity index (χ0n) is 18.0. The molecular weight excluding hydrogens is 454 g/mol. The van der Waals surface area contributed by atoms with Crippen LogP contribution in [-0.4, -0.2) is 42.8 Å². The molecule has 1 saturated carbocycles. The summed E-state index contributed by atoms with van der Waals surface area (Å²) in [6.45, 7) is 0. The predicted molar refractivity (Wildman–Crippen MR) is 127 cm³/mol. The number of fused-ring (bicyclic) bond motifs is 3. The van der Waals surface area contributed by atoms with E-state index in [1.807, 2.05) is 36.4 Å². The van der Waals surface area contributed by atoms with Crippen molar-refractivity contribution in [3.8, 4) is 16.9 Å². The van der Waals surface area contributed by atoms with Crippen molar-refractivity contribution in [3.63, 3.8) is 0 Å². The van der Waals surface area contributed by atoms with E-state index < -0.39 is 34.2 Å². The van der Waals surface area contributed by atoms with Crippen molar-refractivity contribution < 1.29 is 28.2 Å². The fourth-order valence-electron chi connectivity index (χ4n) is 4.79. The highest BCUT2D eigenvalue weighted by Crippen LogP contribution is 2.49. The lowest BCUT2D eigenvalue weighted by atomic mass is 9.93. The van der Waals surface area contributed by atoms with Gasteiger partial charge in [0.05, 0.1) is 17.0 Å². The van der Waals surface area contributed by atoms with Gasteiger partial charge in [-0.25, -0.2) is 17.9 Å². The van der Waals surface area contributed by atoms with E-state index in [4.69, 9.17) is 9.84 Å². The van der Waals surface area contributed by atoms with Crippen LogP contribution in [0.4, 0.5) is 0 Å². The highest BCUT2D eigenvalue weighted by atomic mass is 32.2. The van der Waals surface area contributed by atoms with Gasteiger partial charge in [-0.1, -0.05) is 60.7 Å². The largest absolute Gasteiger partial charge is 0.489 e. The number of para-hydroxylation sites is 1. The summed E-state index contributed by atoms with van der Waals surface area (Å²) in [5.41, 5.74) is 3.24. The third-order valence-electron chi connectivity index (χ3n) is 6.35. The van der Waals surface area contributed by atoms with E-state index in [0.29, 0.717) is 11.3 Å². The molecule has 3 aromatic carbocycles.